The molecular formula is C18H15N5O2S. The van der Waals surface area contributed by atoms with Crippen LogP contribution in [-0.2, 0) is 0 Å². The van der Waals surface area contributed by atoms with Crippen LogP contribution in [0.25, 0.3) is 15.5 Å². The predicted molar refractivity (Wildman–Crippen MR) is 99.7 cm³/mol. The average molecular weight is 365 g/mol. The Morgan fingerprint density at radius 2 is 2.08 bits per heavy atom. The highest BCUT2D eigenvalue weighted by Gasteiger charge is 2.10. The molecule has 4 aromatic rings. The standard InChI is InChI=1S/C18H15N5O2S/c1-2-25-15-8-6-12(7-9-15)16(24)20-14-5-3-4-13(10-14)17-22-23-11-19-21-18(23)26-17/h3-11H,2H2,1H3,(H,20,24). The zero-order valence-electron chi connectivity index (χ0n) is 13.9. The molecule has 2 aromatic carbocycles. The molecule has 0 aliphatic carbocycles. The lowest BCUT2D eigenvalue weighted by molar-refractivity contribution is 0.102. The molecule has 0 spiro atoms. The zero-order valence-corrected chi connectivity index (χ0v) is 14.7. The number of nitrogens with one attached hydrogen (secondary N) is 1. The minimum atomic E-state index is -0.177. The van der Waals surface area contributed by atoms with E-state index in [4.69, 9.17) is 4.74 Å². The smallest absolute Gasteiger partial charge is 0.255 e. The summed E-state index contributed by atoms with van der Waals surface area (Å²) < 4.78 is 7.02. The van der Waals surface area contributed by atoms with E-state index in [9.17, 15) is 4.79 Å². The summed E-state index contributed by atoms with van der Waals surface area (Å²) in [5.41, 5.74) is 2.18. The summed E-state index contributed by atoms with van der Waals surface area (Å²) in [5.74, 6) is 0.567. The van der Waals surface area contributed by atoms with Crippen molar-refractivity contribution in [2.45, 2.75) is 6.92 Å². The van der Waals surface area contributed by atoms with E-state index in [1.165, 1.54) is 11.3 Å². The number of aromatic nitrogens is 4. The van der Waals surface area contributed by atoms with Crippen LogP contribution < -0.4 is 10.1 Å². The summed E-state index contributed by atoms with van der Waals surface area (Å²) in [5, 5.41) is 15.9. The predicted octanol–water partition coefficient (Wildman–Crippen LogP) is 3.50. The van der Waals surface area contributed by atoms with Crippen LogP contribution in [-0.4, -0.2) is 32.3 Å². The van der Waals surface area contributed by atoms with E-state index in [1.807, 2.05) is 31.2 Å². The molecule has 1 amide bonds. The van der Waals surface area contributed by atoms with Gasteiger partial charge in [0.05, 0.1) is 6.61 Å². The molecule has 4 rings (SSSR count). The number of nitrogens with zero attached hydrogens (tertiary/aromatic N) is 4. The van der Waals surface area contributed by atoms with Crippen LogP contribution in [0, 0.1) is 0 Å². The van der Waals surface area contributed by atoms with Crippen LogP contribution in [0.15, 0.2) is 54.9 Å². The van der Waals surface area contributed by atoms with Gasteiger partial charge in [0, 0.05) is 16.8 Å². The fraction of sp³-hybridized carbons (Fsp3) is 0.111. The minimum Gasteiger partial charge on any atom is -0.494 e. The molecule has 8 heteroatoms. The Bertz CT molecular complexity index is 1030. The fourth-order valence-corrected chi connectivity index (χ4v) is 3.29. The number of amides is 1. The molecule has 0 saturated carbocycles. The van der Waals surface area contributed by atoms with Gasteiger partial charge < -0.3 is 10.1 Å². The maximum absolute atomic E-state index is 12.4. The lowest BCUT2D eigenvalue weighted by atomic mass is 10.1. The number of benzene rings is 2. The Kier molecular flexibility index (Phi) is 4.32. The Hall–Kier alpha value is -3.26. The lowest BCUT2D eigenvalue weighted by Gasteiger charge is -2.07. The van der Waals surface area contributed by atoms with Gasteiger partial charge in [0.1, 0.15) is 17.1 Å². The van der Waals surface area contributed by atoms with Crippen molar-refractivity contribution in [3.05, 3.63) is 60.4 Å². The second kappa shape index (κ2) is 6.93. The van der Waals surface area contributed by atoms with Gasteiger partial charge in [0.25, 0.3) is 5.91 Å². The Labute approximate surface area is 153 Å². The number of ether oxygens (including phenoxy) is 1. The number of rotatable bonds is 5. The van der Waals surface area contributed by atoms with E-state index in [0.29, 0.717) is 17.9 Å². The van der Waals surface area contributed by atoms with E-state index < -0.39 is 0 Å². The second-order valence-electron chi connectivity index (χ2n) is 5.46. The van der Waals surface area contributed by atoms with E-state index in [-0.39, 0.29) is 5.91 Å². The number of hydrogen-bond acceptors (Lipinski definition) is 6. The summed E-state index contributed by atoms with van der Waals surface area (Å²) in [6.07, 6.45) is 1.56. The van der Waals surface area contributed by atoms with Gasteiger partial charge in [-0.3, -0.25) is 4.79 Å². The van der Waals surface area contributed by atoms with Gasteiger partial charge in [-0.1, -0.05) is 23.5 Å². The molecular weight excluding hydrogens is 350 g/mol. The molecule has 0 aliphatic heterocycles. The zero-order chi connectivity index (χ0) is 17.9. The van der Waals surface area contributed by atoms with Crippen LogP contribution in [0.3, 0.4) is 0 Å². The van der Waals surface area contributed by atoms with E-state index in [1.54, 1.807) is 35.1 Å². The summed E-state index contributed by atoms with van der Waals surface area (Å²) in [6.45, 7) is 2.51. The van der Waals surface area contributed by atoms with Crippen molar-refractivity contribution >= 4 is 27.9 Å². The second-order valence-corrected chi connectivity index (χ2v) is 6.41. The molecule has 0 fully saturated rings. The largest absolute Gasteiger partial charge is 0.494 e. The Morgan fingerprint density at radius 1 is 1.23 bits per heavy atom. The van der Waals surface area contributed by atoms with Crippen LogP contribution in [0.1, 0.15) is 17.3 Å². The number of carbonyl (C=O) groups excluding carboxylic acids is 1. The van der Waals surface area contributed by atoms with Crippen LogP contribution in [0.4, 0.5) is 5.69 Å². The molecule has 0 bridgehead atoms. The summed E-state index contributed by atoms with van der Waals surface area (Å²) in [4.78, 5) is 13.2. The van der Waals surface area contributed by atoms with Crippen molar-refractivity contribution in [3.8, 4) is 16.3 Å². The third-order valence-electron chi connectivity index (χ3n) is 3.68. The molecule has 130 valence electrons. The van der Waals surface area contributed by atoms with E-state index in [2.05, 4.69) is 20.6 Å². The molecule has 0 unspecified atom stereocenters. The highest BCUT2D eigenvalue weighted by atomic mass is 32.1. The van der Waals surface area contributed by atoms with E-state index in [0.717, 1.165) is 21.3 Å². The van der Waals surface area contributed by atoms with Gasteiger partial charge in [0.2, 0.25) is 4.96 Å². The summed E-state index contributed by atoms with van der Waals surface area (Å²) in [6, 6.07) is 14.6. The molecule has 0 atom stereocenters. The van der Waals surface area contributed by atoms with Crippen LogP contribution in [0.5, 0.6) is 5.75 Å². The molecule has 2 heterocycles. The van der Waals surface area contributed by atoms with Gasteiger partial charge in [-0.15, -0.1) is 10.2 Å². The highest BCUT2D eigenvalue weighted by molar-refractivity contribution is 7.19. The number of hydrogen-bond donors (Lipinski definition) is 1. The molecule has 0 saturated heterocycles. The van der Waals surface area contributed by atoms with Crippen molar-refractivity contribution in [3.63, 3.8) is 0 Å². The number of carbonyl (C=O) groups is 1. The van der Waals surface area contributed by atoms with Gasteiger partial charge in [-0.2, -0.15) is 9.61 Å². The topological polar surface area (TPSA) is 81.4 Å². The van der Waals surface area contributed by atoms with Crippen molar-refractivity contribution in [1.82, 2.24) is 19.8 Å². The quantitative estimate of drug-likeness (QED) is 0.585. The van der Waals surface area contributed by atoms with Gasteiger partial charge in [-0.25, -0.2) is 0 Å². The normalized spacial score (nSPS) is 10.8. The lowest BCUT2D eigenvalue weighted by Crippen LogP contribution is -2.11. The number of fused-ring (bicyclic) bond motifs is 1. The first-order valence-electron chi connectivity index (χ1n) is 8.04. The first kappa shape index (κ1) is 16.2. The Balaban J connectivity index is 1.52. The Morgan fingerprint density at radius 3 is 2.85 bits per heavy atom. The third kappa shape index (κ3) is 3.27. The van der Waals surface area contributed by atoms with Gasteiger partial charge in [-0.05, 0) is 43.3 Å². The molecule has 26 heavy (non-hydrogen) atoms. The fourth-order valence-electron chi connectivity index (χ4n) is 2.48. The first-order chi connectivity index (χ1) is 12.7. The number of anilines is 1. The van der Waals surface area contributed by atoms with Crippen molar-refractivity contribution in [2.75, 3.05) is 11.9 Å². The SMILES string of the molecule is CCOc1ccc(C(=O)Nc2cccc(-c3nn4cnnc4s3)c2)cc1. The third-order valence-corrected chi connectivity index (χ3v) is 4.64. The minimum absolute atomic E-state index is 0.177. The molecule has 0 radical (unpaired) electrons. The van der Waals surface area contributed by atoms with Crippen molar-refractivity contribution in [1.29, 1.82) is 0 Å². The molecule has 1 N–H and O–H groups in total. The van der Waals surface area contributed by atoms with Gasteiger partial charge >= 0.3 is 0 Å². The summed E-state index contributed by atoms with van der Waals surface area (Å²) in [7, 11) is 0. The van der Waals surface area contributed by atoms with Gasteiger partial charge in [0.15, 0.2) is 0 Å². The first-order valence-corrected chi connectivity index (χ1v) is 8.86. The maximum Gasteiger partial charge on any atom is 0.255 e. The molecule has 0 aliphatic rings. The van der Waals surface area contributed by atoms with Crippen LogP contribution in [0.2, 0.25) is 0 Å². The van der Waals surface area contributed by atoms with Crippen molar-refractivity contribution < 1.29 is 9.53 Å². The average Bonchev–Trinajstić information content (AvgIpc) is 3.25. The van der Waals surface area contributed by atoms with Crippen molar-refractivity contribution in [2.24, 2.45) is 0 Å². The van der Waals surface area contributed by atoms with Crippen LogP contribution >= 0.6 is 11.3 Å². The monoisotopic (exact) mass is 365 g/mol. The van der Waals surface area contributed by atoms with E-state index >= 15 is 0 Å². The molecule has 2 aromatic heterocycles. The summed E-state index contributed by atoms with van der Waals surface area (Å²) >= 11 is 1.44. The highest BCUT2D eigenvalue weighted by Crippen LogP contribution is 2.27. The maximum atomic E-state index is 12.4. The molecule has 7 nitrogen and oxygen atoms in total.